The third-order valence-corrected chi connectivity index (χ3v) is 4.29. The molecule has 0 aliphatic rings. The van der Waals surface area contributed by atoms with E-state index >= 15 is 0 Å². The van der Waals surface area contributed by atoms with E-state index in [0.29, 0.717) is 12.0 Å². The van der Waals surface area contributed by atoms with Crippen molar-refractivity contribution in [2.24, 2.45) is 0 Å². The van der Waals surface area contributed by atoms with Crippen molar-refractivity contribution in [2.75, 3.05) is 0 Å². The Kier molecular flexibility index (Phi) is 4.92. The molecule has 0 aliphatic heterocycles. The number of rotatable bonds is 3. The van der Waals surface area contributed by atoms with Crippen LogP contribution in [0.4, 0.5) is 8.78 Å². The lowest BCUT2D eigenvalue weighted by molar-refractivity contribution is 0.177. The van der Waals surface area contributed by atoms with E-state index in [1.54, 1.807) is 0 Å². The smallest absolute Gasteiger partial charge is 0.173 e. The van der Waals surface area contributed by atoms with Crippen molar-refractivity contribution in [3.63, 3.8) is 0 Å². The third kappa shape index (κ3) is 3.52. The lowest BCUT2D eigenvalue weighted by Crippen LogP contribution is -2.04. The van der Waals surface area contributed by atoms with Gasteiger partial charge in [0.15, 0.2) is 11.6 Å². The Labute approximate surface area is 131 Å². The molecule has 1 N–H and O–H groups in total. The molecule has 0 saturated heterocycles. The molecule has 2 aromatic rings. The van der Waals surface area contributed by atoms with Gasteiger partial charge in [-0.25, -0.2) is 8.78 Å². The predicted octanol–water partition coefficient (Wildman–Crippen LogP) is 4.61. The Morgan fingerprint density at radius 1 is 1.11 bits per heavy atom. The first-order valence-corrected chi connectivity index (χ1v) is 7.42. The van der Waals surface area contributed by atoms with Gasteiger partial charge in [0.25, 0.3) is 0 Å². The van der Waals surface area contributed by atoms with Gasteiger partial charge in [0.2, 0.25) is 0 Å². The van der Waals surface area contributed by atoms with Gasteiger partial charge in [0.05, 0.1) is 10.6 Å². The van der Waals surface area contributed by atoms with E-state index in [0.717, 1.165) is 15.2 Å². The summed E-state index contributed by atoms with van der Waals surface area (Å²) in [5, 5.41) is 10.1. The van der Waals surface area contributed by atoms with Gasteiger partial charge in [-0.1, -0.05) is 18.2 Å². The fourth-order valence-electron chi connectivity index (χ4n) is 1.75. The normalized spacial score (nSPS) is 12.5. The first kappa shape index (κ1) is 14.9. The zero-order chi connectivity index (χ0) is 14.0. The molecule has 0 fully saturated rings. The van der Waals surface area contributed by atoms with Crippen LogP contribution in [0.15, 0.2) is 40.9 Å². The molecule has 0 bridgehead atoms. The van der Waals surface area contributed by atoms with Crippen molar-refractivity contribution in [3.05, 3.63) is 67.2 Å². The SMILES string of the molecule is OC(Cc1ccc(I)cc1)c1ccc(F)c(F)c1Br. The fraction of sp³-hybridized carbons (Fsp3) is 0.143. The van der Waals surface area contributed by atoms with E-state index in [-0.39, 0.29) is 4.47 Å². The molecule has 1 unspecified atom stereocenters. The van der Waals surface area contributed by atoms with Crippen LogP contribution in [0, 0.1) is 15.2 Å². The Bertz CT molecular complexity index is 587. The standard InChI is InChI=1S/C14H10BrF2IO/c15-13-10(5-6-11(16)14(13)17)12(19)7-8-1-3-9(18)4-2-8/h1-6,12,19H,7H2. The molecule has 0 heterocycles. The number of halogens is 4. The number of aliphatic hydroxyl groups is 1. The summed E-state index contributed by atoms with van der Waals surface area (Å²) >= 11 is 5.17. The molecule has 100 valence electrons. The van der Waals surface area contributed by atoms with Crippen LogP contribution in [0.25, 0.3) is 0 Å². The quantitative estimate of drug-likeness (QED) is 0.548. The van der Waals surface area contributed by atoms with Crippen molar-refractivity contribution in [1.82, 2.24) is 0 Å². The van der Waals surface area contributed by atoms with Gasteiger partial charge in [-0.05, 0) is 67.8 Å². The van der Waals surface area contributed by atoms with Gasteiger partial charge >= 0.3 is 0 Å². The Hall–Kier alpha value is -0.530. The minimum atomic E-state index is -0.973. The van der Waals surface area contributed by atoms with Gasteiger partial charge in [-0.3, -0.25) is 0 Å². The fourth-order valence-corrected chi connectivity index (χ4v) is 2.70. The lowest BCUT2D eigenvalue weighted by atomic mass is 10.0. The van der Waals surface area contributed by atoms with E-state index in [9.17, 15) is 13.9 Å². The van der Waals surface area contributed by atoms with E-state index in [4.69, 9.17) is 0 Å². The highest BCUT2D eigenvalue weighted by molar-refractivity contribution is 14.1. The topological polar surface area (TPSA) is 20.2 Å². The average Bonchev–Trinajstić information content (AvgIpc) is 2.39. The van der Waals surface area contributed by atoms with Crippen molar-refractivity contribution >= 4 is 38.5 Å². The van der Waals surface area contributed by atoms with E-state index in [1.165, 1.54) is 6.07 Å². The van der Waals surface area contributed by atoms with Crippen LogP contribution < -0.4 is 0 Å². The minimum absolute atomic E-state index is 0.0227. The molecular formula is C14H10BrF2IO. The lowest BCUT2D eigenvalue weighted by Gasteiger charge is -2.13. The maximum Gasteiger partial charge on any atom is 0.173 e. The molecule has 1 nitrogen and oxygen atoms in total. The summed E-state index contributed by atoms with van der Waals surface area (Å²) in [4.78, 5) is 0. The van der Waals surface area contributed by atoms with Crippen LogP contribution in [0.2, 0.25) is 0 Å². The molecule has 2 rings (SSSR count). The summed E-state index contributed by atoms with van der Waals surface area (Å²) in [5.74, 6) is -1.91. The van der Waals surface area contributed by atoms with Crippen molar-refractivity contribution < 1.29 is 13.9 Å². The van der Waals surface area contributed by atoms with Gasteiger partial charge in [0, 0.05) is 9.99 Å². The molecule has 0 aliphatic carbocycles. The highest BCUT2D eigenvalue weighted by atomic mass is 127. The number of aliphatic hydroxyl groups excluding tert-OH is 1. The number of hydrogen-bond donors (Lipinski definition) is 1. The molecular weight excluding hydrogens is 429 g/mol. The van der Waals surface area contributed by atoms with Crippen molar-refractivity contribution in [3.8, 4) is 0 Å². The van der Waals surface area contributed by atoms with E-state index in [1.807, 2.05) is 24.3 Å². The van der Waals surface area contributed by atoms with Crippen LogP contribution in [0.1, 0.15) is 17.2 Å². The maximum atomic E-state index is 13.4. The predicted molar refractivity (Wildman–Crippen MR) is 81.9 cm³/mol. The zero-order valence-corrected chi connectivity index (χ0v) is 13.5. The molecule has 0 spiro atoms. The third-order valence-electron chi connectivity index (χ3n) is 2.77. The second-order valence-corrected chi connectivity index (χ2v) is 6.15. The largest absolute Gasteiger partial charge is 0.388 e. The number of hydrogen-bond acceptors (Lipinski definition) is 1. The molecule has 0 aromatic heterocycles. The molecule has 19 heavy (non-hydrogen) atoms. The number of benzene rings is 2. The maximum absolute atomic E-state index is 13.4. The second-order valence-electron chi connectivity index (χ2n) is 4.11. The van der Waals surface area contributed by atoms with Crippen LogP contribution in [-0.4, -0.2) is 5.11 Å². The van der Waals surface area contributed by atoms with Gasteiger partial charge in [-0.2, -0.15) is 0 Å². The monoisotopic (exact) mass is 438 g/mol. The first-order chi connectivity index (χ1) is 8.99. The van der Waals surface area contributed by atoms with Crippen LogP contribution in [-0.2, 0) is 6.42 Å². The minimum Gasteiger partial charge on any atom is -0.388 e. The summed E-state index contributed by atoms with van der Waals surface area (Å²) < 4.78 is 27.5. The Balaban J connectivity index is 2.23. The summed E-state index contributed by atoms with van der Waals surface area (Å²) in [7, 11) is 0. The second kappa shape index (κ2) is 6.28. The van der Waals surface area contributed by atoms with Crippen molar-refractivity contribution in [2.45, 2.75) is 12.5 Å². The van der Waals surface area contributed by atoms with Crippen LogP contribution in [0.3, 0.4) is 0 Å². The van der Waals surface area contributed by atoms with Gasteiger partial charge < -0.3 is 5.11 Å². The summed E-state index contributed by atoms with van der Waals surface area (Å²) in [6.07, 6.45) is -0.537. The molecule has 0 amide bonds. The van der Waals surface area contributed by atoms with Crippen LogP contribution in [0.5, 0.6) is 0 Å². The van der Waals surface area contributed by atoms with Crippen LogP contribution >= 0.6 is 38.5 Å². The summed E-state index contributed by atoms with van der Waals surface area (Å²) in [6.45, 7) is 0. The average molecular weight is 439 g/mol. The molecule has 5 heteroatoms. The highest BCUT2D eigenvalue weighted by Gasteiger charge is 2.17. The summed E-state index contributed by atoms with van der Waals surface area (Å²) in [5.41, 5.74) is 1.28. The van der Waals surface area contributed by atoms with E-state index < -0.39 is 17.7 Å². The van der Waals surface area contributed by atoms with E-state index in [2.05, 4.69) is 38.5 Å². The molecule has 0 saturated carbocycles. The van der Waals surface area contributed by atoms with Gasteiger partial charge in [0.1, 0.15) is 0 Å². The Morgan fingerprint density at radius 2 is 1.74 bits per heavy atom. The Morgan fingerprint density at radius 3 is 2.37 bits per heavy atom. The summed E-state index contributed by atoms with van der Waals surface area (Å²) in [6, 6.07) is 10.1. The zero-order valence-electron chi connectivity index (χ0n) is 9.71. The molecule has 1 atom stereocenters. The first-order valence-electron chi connectivity index (χ1n) is 5.55. The van der Waals surface area contributed by atoms with Gasteiger partial charge in [-0.15, -0.1) is 0 Å². The molecule has 0 radical (unpaired) electrons. The molecule has 2 aromatic carbocycles. The van der Waals surface area contributed by atoms with Crippen molar-refractivity contribution in [1.29, 1.82) is 0 Å². The highest BCUT2D eigenvalue weighted by Crippen LogP contribution is 2.29.